The molecule has 0 bridgehead atoms. The zero-order valence-electron chi connectivity index (χ0n) is 14.1. The van der Waals surface area contributed by atoms with Crippen LogP contribution in [-0.2, 0) is 6.54 Å². The van der Waals surface area contributed by atoms with E-state index in [1.807, 2.05) is 20.0 Å². The molecule has 2 aromatic heterocycles. The van der Waals surface area contributed by atoms with E-state index in [4.69, 9.17) is 4.52 Å². The Bertz CT molecular complexity index is 614. The fourth-order valence-corrected chi connectivity index (χ4v) is 2.66. The second-order valence-corrected chi connectivity index (χ2v) is 6.66. The van der Waals surface area contributed by atoms with Crippen LogP contribution in [0.25, 0.3) is 0 Å². The summed E-state index contributed by atoms with van der Waals surface area (Å²) in [5.74, 6) is 2.89. The Hall–Kier alpha value is -2.11. The van der Waals surface area contributed by atoms with E-state index in [1.54, 1.807) is 0 Å². The molecule has 0 amide bonds. The van der Waals surface area contributed by atoms with Crippen molar-refractivity contribution < 1.29 is 4.52 Å². The van der Waals surface area contributed by atoms with Crippen molar-refractivity contribution in [2.75, 3.05) is 23.3 Å². The minimum absolute atomic E-state index is 0.266. The van der Waals surface area contributed by atoms with Gasteiger partial charge in [0.25, 0.3) is 0 Å². The third kappa shape index (κ3) is 4.00. The van der Waals surface area contributed by atoms with Crippen LogP contribution >= 0.6 is 0 Å². The maximum absolute atomic E-state index is 5.18. The number of hydrogen-bond acceptors (Lipinski definition) is 6. The van der Waals surface area contributed by atoms with Crippen molar-refractivity contribution in [3.05, 3.63) is 29.7 Å². The Morgan fingerprint density at radius 3 is 2.70 bits per heavy atom. The van der Waals surface area contributed by atoms with E-state index < -0.39 is 0 Å². The molecule has 2 aromatic rings. The van der Waals surface area contributed by atoms with Crippen molar-refractivity contribution in [1.82, 2.24) is 15.1 Å². The second kappa shape index (κ2) is 6.98. The number of piperidine rings is 1. The molecule has 6 nitrogen and oxygen atoms in total. The molecule has 1 fully saturated rings. The summed E-state index contributed by atoms with van der Waals surface area (Å²) in [5.41, 5.74) is 1.10. The van der Waals surface area contributed by atoms with Crippen LogP contribution in [0, 0.1) is 5.92 Å². The zero-order chi connectivity index (χ0) is 16.2. The molecule has 124 valence electrons. The Morgan fingerprint density at radius 1 is 1.30 bits per heavy atom. The van der Waals surface area contributed by atoms with Crippen LogP contribution in [0.1, 0.15) is 50.9 Å². The first kappa shape index (κ1) is 15.8. The summed E-state index contributed by atoms with van der Waals surface area (Å²) < 4.78 is 5.18. The molecule has 0 unspecified atom stereocenters. The molecule has 3 rings (SSSR count). The van der Waals surface area contributed by atoms with E-state index in [0.717, 1.165) is 36.2 Å². The first-order valence-corrected chi connectivity index (χ1v) is 8.39. The second-order valence-electron chi connectivity index (χ2n) is 6.66. The Morgan fingerprint density at radius 2 is 2.09 bits per heavy atom. The van der Waals surface area contributed by atoms with Crippen molar-refractivity contribution in [3.63, 3.8) is 0 Å². The molecule has 3 heterocycles. The van der Waals surface area contributed by atoms with Crippen molar-refractivity contribution in [2.45, 2.75) is 46.1 Å². The standard InChI is InChI=1S/C17H25N5O/c1-12(2)16-20-17(23-21-16)19-11-14-4-5-15(18-10-14)22-8-6-13(3)7-9-22/h4-5,10,12-13H,6-9,11H2,1-3H3,(H,19,20,21). The smallest absolute Gasteiger partial charge is 0.321 e. The fraction of sp³-hybridized carbons (Fsp3) is 0.588. The van der Waals surface area contributed by atoms with Gasteiger partial charge in [0.2, 0.25) is 0 Å². The van der Waals surface area contributed by atoms with Crippen LogP contribution in [0.4, 0.5) is 11.8 Å². The van der Waals surface area contributed by atoms with Gasteiger partial charge in [-0.2, -0.15) is 4.98 Å². The normalized spacial score (nSPS) is 16.1. The lowest BCUT2D eigenvalue weighted by molar-refractivity contribution is 0.419. The maximum atomic E-state index is 5.18. The van der Waals surface area contributed by atoms with Gasteiger partial charge in [0.1, 0.15) is 5.82 Å². The lowest BCUT2D eigenvalue weighted by atomic mass is 9.99. The van der Waals surface area contributed by atoms with Gasteiger partial charge in [-0.1, -0.05) is 32.0 Å². The molecule has 1 aliphatic rings. The molecular weight excluding hydrogens is 290 g/mol. The molecule has 1 saturated heterocycles. The van der Waals surface area contributed by atoms with Crippen molar-refractivity contribution >= 4 is 11.8 Å². The number of aromatic nitrogens is 3. The van der Waals surface area contributed by atoms with Gasteiger partial charge in [-0.25, -0.2) is 4.98 Å². The van der Waals surface area contributed by atoms with Crippen molar-refractivity contribution in [2.24, 2.45) is 5.92 Å². The van der Waals surface area contributed by atoms with E-state index in [1.165, 1.54) is 12.8 Å². The van der Waals surface area contributed by atoms with Crippen LogP contribution < -0.4 is 10.2 Å². The Kier molecular flexibility index (Phi) is 4.79. The van der Waals surface area contributed by atoms with Gasteiger partial charge < -0.3 is 14.7 Å². The van der Waals surface area contributed by atoms with Crippen LogP contribution in [0.3, 0.4) is 0 Å². The summed E-state index contributed by atoms with van der Waals surface area (Å²) in [7, 11) is 0. The molecular formula is C17H25N5O. The number of rotatable bonds is 5. The number of pyridine rings is 1. The van der Waals surface area contributed by atoms with Gasteiger partial charge in [-0.05, 0) is 30.4 Å². The molecule has 0 radical (unpaired) electrons. The summed E-state index contributed by atoms with van der Waals surface area (Å²) in [6.07, 6.45) is 4.42. The molecule has 0 atom stereocenters. The lowest BCUT2D eigenvalue weighted by Crippen LogP contribution is -2.33. The number of nitrogens with one attached hydrogen (secondary N) is 1. The largest absolute Gasteiger partial charge is 0.357 e. The van der Waals surface area contributed by atoms with Gasteiger partial charge in [-0.15, -0.1) is 0 Å². The average molecular weight is 315 g/mol. The highest BCUT2D eigenvalue weighted by molar-refractivity contribution is 5.40. The van der Waals surface area contributed by atoms with Crippen LogP contribution in [-0.4, -0.2) is 28.2 Å². The van der Waals surface area contributed by atoms with E-state index in [2.05, 4.69) is 44.4 Å². The van der Waals surface area contributed by atoms with E-state index in [-0.39, 0.29) is 5.92 Å². The van der Waals surface area contributed by atoms with Crippen LogP contribution in [0.2, 0.25) is 0 Å². The Labute approximate surface area is 137 Å². The summed E-state index contributed by atoms with van der Waals surface area (Å²) in [5, 5.41) is 7.09. The predicted octanol–water partition coefficient (Wildman–Crippen LogP) is 3.44. The minimum Gasteiger partial charge on any atom is -0.357 e. The molecule has 1 N–H and O–H groups in total. The average Bonchev–Trinajstić information content (AvgIpc) is 3.04. The third-order valence-corrected chi connectivity index (χ3v) is 4.32. The summed E-state index contributed by atoms with van der Waals surface area (Å²) >= 11 is 0. The molecule has 0 saturated carbocycles. The summed E-state index contributed by atoms with van der Waals surface area (Å²) in [6.45, 7) is 9.24. The molecule has 1 aliphatic heterocycles. The van der Waals surface area contributed by atoms with Gasteiger partial charge in [0.05, 0.1) is 0 Å². The number of anilines is 2. The van der Waals surface area contributed by atoms with Crippen LogP contribution in [0.5, 0.6) is 0 Å². The van der Waals surface area contributed by atoms with Gasteiger partial charge in [-0.3, -0.25) is 0 Å². The summed E-state index contributed by atoms with van der Waals surface area (Å²) in [4.78, 5) is 11.3. The fourth-order valence-electron chi connectivity index (χ4n) is 2.66. The first-order chi connectivity index (χ1) is 11.1. The molecule has 0 spiro atoms. The molecule has 0 aliphatic carbocycles. The molecule has 23 heavy (non-hydrogen) atoms. The quantitative estimate of drug-likeness (QED) is 0.911. The van der Waals surface area contributed by atoms with E-state index in [9.17, 15) is 0 Å². The Balaban J connectivity index is 1.54. The maximum Gasteiger partial charge on any atom is 0.321 e. The van der Waals surface area contributed by atoms with Gasteiger partial charge >= 0.3 is 6.01 Å². The molecule has 6 heteroatoms. The topological polar surface area (TPSA) is 67.1 Å². The van der Waals surface area contributed by atoms with Crippen molar-refractivity contribution in [1.29, 1.82) is 0 Å². The number of hydrogen-bond donors (Lipinski definition) is 1. The minimum atomic E-state index is 0.266. The number of nitrogens with zero attached hydrogens (tertiary/aromatic N) is 4. The SMILES string of the molecule is CC1CCN(c2ccc(CNc3nc(C(C)C)no3)cn2)CC1. The first-order valence-electron chi connectivity index (χ1n) is 8.39. The highest BCUT2D eigenvalue weighted by atomic mass is 16.5. The lowest BCUT2D eigenvalue weighted by Gasteiger charge is -2.31. The highest BCUT2D eigenvalue weighted by Crippen LogP contribution is 2.21. The zero-order valence-corrected chi connectivity index (χ0v) is 14.1. The van der Waals surface area contributed by atoms with Gasteiger partial charge in [0, 0.05) is 31.7 Å². The van der Waals surface area contributed by atoms with Gasteiger partial charge in [0.15, 0.2) is 5.82 Å². The monoisotopic (exact) mass is 315 g/mol. The molecule has 0 aromatic carbocycles. The summed E-state index contributed by atoms with van der Waals surface area (Å²) in [6, 6.07) is 4.66. The van der Waals surface area contributed by atoms with E-state index >= 15 is 0 Å². The van der Waals surface area contributed by atoms with Crippen LogP contribution in [0.15, 0.2) is 22.9 Å². The van der Waals surface area contributed by atoms with E-state index in [0.29, 0.717) is 12.6 Å². The van der Waals surface area contributed by atoms with Crippen molar-refractivity contribution in [3.8, 4) is 0 Å². The predicted molar refractivity (Wildman–Crippen MR) is 90.6 cm³/mol. The third-order valence-electron chi connectivity index (χ3n) is 4.32. The highest BCUT2D eigenvalue weighted by Gasteiger charge is 2.16.